The van der Waals surface area contributed by atoms with Crippen LogP contribution in [0.2, 0.25) is 0 Å². The molecule has 1 rings (SSSR count). The zero-order valence-corrected chi connectivity index (χ0v) is 13.3. The first kappa shape index (κ1) is 16.4. The first-order chi connectivity index (χ1) is 9.08. The molecule has 4 nitrogen and oxygen atoms in total. The van der Waals surface area contributed by atoms with Gasteiger partial charge in [-0.3, -0.25) is 4.79 Å². The van der Waals surface area contributed by atoms with Crippen molar-refractivity contribution in [3.05, 3.63) is 33.4 Å². The Hall–Kier alpha value is -0.660. The molecule has 19 heavy (non-hydrogen) atoms. The van der Waals surface area contributed by atoms with Crippen LogP contribution in [0.4, 0.5) is 0 Å². The summed E-state index contributed by atoms with van der Waals surface area (Å²) in [5, 5.41) is 9.90. The van der Waals surface area contributed by atoms with Gasteiger partial charge in [-0.25, -0.2) is 0 Å². The lowest BCUT2D eigenvalue weighted by molar-refractivity contribution is -0.173. The summed E-state index contributed by atoms with van der Waals surface area (Å²) in [7, 11) is 0. The molecule has 106 valence electrons. The van der Waals surface area contributed by atoms with Crippen LogP contribution in [0.25, 0.3) is 0 Å². The van der Waals surface area contributed by atoms with Crippen molar-refractivity contribution in [1.82, 2.24) is 0 Å². The number of halogens is 1. The molecule has 0 saturated heterocycles. The van der Waals surface area contributed by atoms with Gasteiger partial charge in [-0.05, 0) is 60.6 Å². The van der Waals surface area contributed by atoms with Crippen LogP contribution >= 0.6 is 22.6 Å². The quantitative estimate of drug-likeness (QED) is 0.450. The van der Waals surface area contributed by atoms with Crippen molar-refractivity contribution in [2.24, 2.45) is 5.92 Å². The Bertz CT molecular complexity index is 391. The minimum Gasteiger partial charge on any atom is -0.466 e. The standard InChI is InChI=1S/C14H19IO4/c1-3-18-13(16)12(14(17)19-4-2)9-10-5-7-11(15)8-6-10/h5-8,12-13,16H,3-4,9H2,1-2H3. The number of aliphatic hydroxyl groups is 1. The molecular weight excluding hydrogens is 359 g/mol. The topological polar surface area (TPSA) is 55.8 Å². The molecule has 0 fully saturated rings. The molecule has 1 N–H and O–H groups in total. The monoisotopic (exact) mass is 378 g/mol. The molecule has 0 spiro atoms. The summed E-state index contributed by atoms with van der Waals surface area (Å²) in [5.41, 5.74) is 0.970. The Morgan fingerprint density at radius 1 is 1.26 bits per heavy atom. The Morgan fingerprint density at radius 3 is 2.42 bits per heavy atom. The van der Waals surface area contributed by atoms with E-state index in [-0.39, 0.29) is 0 Å². The number of hydrogen-bond acceptors (Lipinski definition) is 4. The van der Waals surface area contributed by atoms with E-state index in [1.54, 1.807) is 13.8 Å². The number of ether oxygens (including phenoxy) is 2. The normalized spacial score (nSPS) is 13.9. The Kier molecular flexibility index (Phi) is 7.33. The largest absolute Gasteiger partial charge is 0.466 e. The summed E-state index contributed by atoms with van der Waals surface area (Å²) in [6.45, 7) is 4.16. The summed E-state index contributed by atoms with van der Waals surface area (Å²) >= 11 is 2.22. The smallest absolute Gasteiger partial charge is 0.314 e. The predicted octanol–water partition coefficient (Wildman–Crippen LogP) is 2.37. The van der Waals surface area contributed by atoms with Crippen LogP contribution in [0.5, 0.6) is 0 Å². The van der Waals surface area contributed by atoms with Gasteiger partial charge in [-0.1, -0.05) is 12.1 Å². The minimum absolute atomic E-state index is 0.293. The molecule has 1 aromatic carbocycles. The zero-order chi connectivity index (χ0) is 14.3. The number of aliphatic hydroxyl groups excluding tert-OH is 1. The third-order valence-electron chi connectivity index (χ3n) is 2.64. The molecule has 0 aromatic heterocycles. The van der Waals surface area contributed by atoms with Crippen LogP contribution in [0.1, 0.15) is 19.4 Å². The third kappa shape index (κ3) is 5.46. The number of hydrogen-bond donors (Lipinski definition) is 1. The van der Waals surface area contributed by atoms with Gasteiger partial charge in [0, 0.05) is 10.2 Å². The van der Waals surface area contributed by atoms with Crippen LogP contribution in [0, 0.1) is 9.49 Å². The fourth-order valence-electron chi connectivity index (χ4n) is 1.71. The van der Waals surface area contributed by atoms with Gasteiger partial charge in [-0.2, -0.15) is 0 Å². The van der Waals surface area contributed by atoms with Crippen LogP contribution < -0.4 is 0 Å². The number of esters is 1. The molecule has 5 heteroatoms. The van der Waals surface area contributed by atoms with Gasteiger partial charge in [0.2, 0.25) is 0 Å². The molecule has 0 aliphatic carbocycles. The average molecular weight is 378 g/mol. The zero-order valence-electron chi connectivity index (χ0n) is 11.1. The highest BCUT2D eigenvalue weighted by atomic mass is 127. The molecule has 2 atom stereocenters. The Morgan fingerprint density at radius 2 is 1.89 bits per heavy atom. The number of benzene rings is 1. The highest BCUT2D eigenvalue weighted by Gasteiger charge is 2.28. The number of carbonyl (C=O) groups excluding carboxylic acids is 1. The van der Waals surface area contributed by atoms with E-state index < -0.39 is 18.2 Å². The number of rotatable bonds is 7. The summed E-state index contributed by atoms with van der Waals surface area (Å²) < 4.78 is 11.2. The maximum absolute atomic E-state index is 11.9. The Balaban J connectivity index is 2.78. The van der Waals surface area contributed by atoms with Crippen molar-refractivity contribution in [2.45, 2.75) is 26.6 Å². The summed E-state index contributed by atoms with van der Waals surface area (Å²) in [6, 6.07) is 7.80. The van der Waals surface area contributed by atoms with E-state index in [0.29, 0.717) is 19.6 Å². The van der Waals surface area contributed by atoms with Crippen molar-refractivity contribution in [3.63, 3.8) is 0 Å². The maximum atomic E-state index is 11.9. The third-order valence-corrected chi connectivity index (χ3v) is 3.36. The van der Waals surface area contributed by atoms with Gasteiger partial charge in [0.1, 0.15) is 5.92 Å². The van der Waals surface area contributed by atoms with Gasteiger partial charge in [0.15, 0.2) is 6.29 Å². The second-order valence-electron chi connectivity index (χ2n) is 4.04. The maximum Gasteiger partial charge on any atom is 0.314 e. The highest BCUT2D eigenvalue weighted by Crippen LogP contribution is 2.17. The van der Waals surface area contributed by atoms with Gasteiger partial charge in [0.05, 0.1) is 6.61 Å². The lowest BCUT2D eigenvalue weighted by atomic mass is 9.99. The van der Waals surface area contributed by atoms with Gasteiger partial charge >= 0.3 is 5.97 Å². The second kappa shape index (κ2) is 8.50. The Labute approximate surface area is 127 Å². The molecule has 0 bridgehead atoms. The number of carbonyl (C=O) groups is 1. The molecule has 0 heterocycles. The molecular formula is C14H19IO4. The van der Waals surface area contributed by atoms with Gasteiger partial charge in [0.25, 0.3) is 0 Å². The molecule has 1 aromatic rings. The fourth-order valence-corrected chi connectivity index (χ4v) is 2.07. The molecule has 0 saturated carbocycles. The van der Waals surface area contributed by atoms with Crippen LogP contribution in [0.3, 0.4) is 0 Å². The van der Waals surface area contributed by atoms with Gasteiger partial charge in [-0.15, -0.1) is 0 Å². The molecule has 0 radical (unpaired) electrons. The van der Waals surface area contributed by atoms with Crippen LogP contribution in [-0.2, 0) is 20.7 Å². The van der Waals surface area contributed by atoms with Crippen LogP contribution in [0.15, 0.2) is 24.3 Å². The van der Waals surface area contributed by atoms with E-state index in [1.807, 2.05) is 24.3 Å². The highest BCUT2D eigenvalue weighted by molar-refractivity contribution is 14.1. The minimum atomic E-state index is -1.14. The first-order valence-electron chi connectivity index (χ1n) is 6.29. The van der Waals surface area contributed by atoms with Gasteiger partial charge < -0.3 is 14.6 Å². The molecule has 2 unspecified atom stereocenters. The van der Waals surface area contributed by atoms with E-state index in [0.717, 1.165) is 9.13 Å². The lowest BCUT2D eigenvalue weighted by Crippen LogP contribution is -2.33. The fraction of sp³-hybridized carbons (Fsp3) is 0.500. The van der Waals surface area contributed by atoms with Crippen molar-refractivity contribution >= 4 is 28.6 Å². The van der Waals surface area contributed by atoms with E-state index in [2.05, 4.69) is 22.6 Å². The van der Waals surface area contributed by atoms with E-state index in [9.17, 15) is 9.90 Å². The first-order valence-corrected chi connectivity index (χ1v) is 7.37. The van der Waals surface area contributed by atoms with Crippen LogP contribution in [-0.4, -0.2) is 30.6 Å². The van der Waals surface area contributed by atoms with Crippen molar-refractivity contribution in [1.29, 1.82) is 0 Å². The lowest BCUT2D eigenvalue weighted by Gasteiger charge is -2.21. The van der Waals surface area contributed by atoms with E-state index in [4.69, 9.17) is 9.47 Å². The van der Waals surface area contributed by atoms with Crippen molar-refractivity contribution in [3.8, 4) is 0 Å². The summed E-state index contributed by atoms with van der Waals surface area (Å²) in [4.78, 5) is 11.9. The SMILES string of the molecule is CCOC(=O)C(Cc1ccc(I)cc1)C(O)OCC. The van der Waals surface area contributed by atoms with Crippen molar-refractivity contribution in [2.75, 3.05) is 13.2 Å². The van der Waals surface area contributed by atoms with E-state index in [1.165, 1.54) is 0 Å². The molecule has 0 aliphatic rings. The molecule has 0 amide bonds. The predicted molar refractivity (Wildman–Crippen MR) is 80.6 cm³/mol. The van der Waals surface area contributed by atoms with E-state index >= 15 is 0 Å². The second-order valence-corrected chi connectivity index (χ2v) is 5.28. The summed E-state index contributed by atoms with van der Waals surface area (Å²) in [6.07, 6.45) is -0.736. The average Bonchev–Trinajstić information content (AvgIpc) is 2.38. The summed E-state index contributed by atoms with van der Waals surface area (Å²) in [5.74, 6) is -1.12. The van der Waals surface area contributed by atoms with Crippen molar-refractivity contribution < 1.29 is 19.4 Å². The molecule has 0 aliphatic heterocycles.